The van der Waals surface area contributed by atoms with E-state index in [2.05, 4.69) is 4.90 Å². The Balaban J connectivity index is 1.51. The van der Waals surface area contributed by atoms with Crippen LogP contribution < -0.4 is 9.47 Å². The Morgan fingerprint density at radius 3 is 2.50 bits per heavy atom. The van der Waals surface area contributed by atoms with Gasteiger partial charge >= 0.3 is 5.97 Å². The van der Waals surface area contributed by atoms with E-state index >= 15 is 0 Å². The summed E-state index contributed by atoms with van der Waals surface area (Å²) in [7, 11) is 8.15. The quantitative estimate of drug-likeness (QED) is 0.543. The molecule has 3 fully saturated rings. The summed E-state index contributed by atoms with van der Waals surface area (Å²) in [6.07, 6.45) is -0.175. The molecule has 2 heterocycles. The van der Waals surface area contributed by atoms with Crippen LogP contribution >= 0.6 is 0 Å². The number of phenols is 2. The molecule has 2 bridgehead atoms. The van der Waals surface area contributed by atoms with Gasteiger partial charge in [0.2, 0.25) is 5.79 Å². The highest BCUT2D eigenvalue weighted by Gasteiger charge is 2.83. The van der Waals surface area contributed by atoms with Gasteiger partial charge in [0.05, 0.1) is 31.4 Å². The van der Waals surface area contributed by atoms with Crippen LogP contribution in [0.4, 0.5) is 0 Å². The molecule has 0 unspecified atom stereocenters. The van der Waals surface area contributed by atoms with Crippen molar-refractivity contribution in [2.24, 2.45) is 0 Å². The van der Waals surface area contributed by atoms with Crippen molar-refractivity contribution in [3.8, 4) is 23.0 Å². The van der Waals surface area contributed by atoms with E-state index in [9.17, 15) is 15.0 Å². The number of carbonyl (C=O) groups is 1. The van der Waals surface area contributed by atoms with E-state index in [1.54, 1.807) is 20.3 Å². The number of nitrogens with zero attached hydrogens (tertiary/aromatic N) is 1. The Labute approximate surface area is 220 Å². The fourth-order valence-corrected chi connectivity index (χ4v) is 7.99. The molecule has 4 aliphatic rings. The van der Waals surface area contributed by atoms with Crippen molar-refractivity contribution in [1.82, 2.24) is 4.90 Å². The Bertz CT molecular complexity index is 1300. The van der Waals surface area contributed by atoms with Crippen LogP contribution in [-0.2, 0) is 24.4 Å². The van der Waals surface area contributed by atoms with E-state index in [0.29, 0.717) is 25.0 Å². The second-order valence-corrected chi connectivity index (χ2v) is 10.6. The maximum absolute atomic E-state index is 13.4. The number of likely N-dealkylation sites (N-methyl/N-ethyl adjacent to an activating group) is 1. The number of phenolic OH excluding ortho intramolecular Hbond substituents is 2. The fourth-order valence-electron chi connectivity index (χ4n) is 7.99. The molecule has 2 aromatic carbocycles. The monoisotopic (exact) mass is 527 g/mol. The number of methoxy groups -OCH3 is 4. The lowest BCUT2D eigenvalue weighted by atomic mass is 9.50. The number of rotatable bonds is 6. The van der Waals surface area contributed by atoms with Crippen molar-refractivity contribution in [3.63, 3.8) is 0 Å². The predicted octanol–water partition coefficient (Wildman–Crippen LogP) is 2.89. The first-order valence-corrected chi connectivity index (χ1v) is 12.7. The van der Waals surface area contributed by atoms with Gasteiger partial charge in [-0.25, -0.2) is 4.79 Å². The van der Waals surface area contributed by atoms with Crippen LogP contribution in [0.2, 0.25) is 0 Å². The summed E-state index contributed by atoms with van der Waals surface area (Å²) in [4.78, 5) is 15.7. The van der Waals surface area contributed by atoms with Crippen molar-refractivity contribution >= 4 is 5.97 Å². The highest BCUT2D eigenvalue weighted by atomic mass is 16.7. The Hall–Kier alpha value is -3.05. The summed E-state index contributed by atoms with van der Waals surface area (Å²) in [5.41, 5.74) is 0.518. The van der Waals surface area contributed by atoms with Crippen LogP contribution in [0.5, 0.6) is 23.0 Å². The summed E-state index contributed by atoms with van der Waals surface area (Å²) >= 11 is 0. The molecule has 2 aliphatic carbocycles. The number of benzene rings is 2. The Morgan fingerprint density at radius 1 is 1.05 bits per heavy atom. The van der Waals surface area contributed by atoms with Crippen LogP contribution in [0.3, 0.4) is 0 Å². The van der Waals surface area contributed by atoms with E-state index in [1.165, 1.54) is 32.4 Å². The van der Waals surface area contributed by atoms with Gasteiger partial charge in [-0.1, -0.05) is 6.07 Å². The first-order chi connectivity index (χ1) is 18.2. The van der Waals surface area contributed by atoms with Crippen molar-refractivity contribution in [3.05, 3.63) is 47.0 Å². The molecular formula is C28H33NO9. The smallest absolute Gasteiger partial charge is 0.338 e. The zero-order valence-electron chi connectivity index (χ0n) is 22.1. The van der Waals surface area contributed by atoms with E-state index in [1.807, 2.05) is 13.1 Å². The maximum atomic E-state index is 13.4. The molecule has 0 amide bonds. The molecule has 2 aromatic rings. The van der Waals surface area contributed by atoms with Crippen LogP contribution in [0.25, 0.3) is 0 Å². The average Bonchev–Trinajstić information content (AvgIpc) is 3.42. The van der Waals surface area contributed by atoms with Crippen molar-refractivity contribution in [1.29, 1.82) is 0 Å². The second kappa shape index (κ2) is 8.47. The normalized spacial score (nSPS) is 34.9. The second-order valence-electron chi connectivity index (χ2n) is 10.6. The summed E-state index contributed by atoms with van der Waals surface area (Å²) in [6, 6.07) is 8.01. The third-order valence-electron chi connectivity index (χ3n) is 9.40. The predicted molar refractivity (Wildman–Crippen MR) is 134 cm³/mol. The van der Waals surface area contributed by atoms with E-state index < -0.39 is 34.9 Å². The molecule has 2 aliphatic heterocycles. The fraction of sp³-hybridized carbons (Fsp3) is 0.536. The SMILES string of the molecule is COc1cc(C(=O)O[C@H]2C[C@]34CCN(C)[C@@]35C[C@H](O[C@@]5(OC)[C@H]2OC)c2ccc(OC)c(O)c24)ccc1O. The van der Waals surface area contributed by atoms with E-state index in [0.717, 1.165) is 17.7 Å². The third kappa shape index (κ3) is 2.83. The minimum Gasteiger partial charge on any atom is -0.504 e. The Kier molecular flexibility index (Phi) is 5.63. The van der Waals surface area contributed by atoms with Gasteiger partial charge in [-0.3, -0.25) is 4.90 Å². The van der Waals surface area contributed by atoms with Gasteiger partial charge in [0.15, 0.2) is 23.0 Å². The van der Waals surface area contributed by atoms with Gasteiger partial charge in [-0.05, 0) is 56.3 Å². The van der Waals surface area contributed by atoms with Crippen LogP contribution in [0.15, 0.2) is 30.3 Å². The molecule has 1 saturated carbocycles. The molecule has 38 heavy (non-hydrogen) atoms. The molecule has 2 N–H and O–H groups in total. The van der Waals surface area contributed by atoms with Gasteiger partial charge in [0.25, 0.3) is 0 Å². The third-order valence-corrected chi connectivity index (χ3v) is 9.40. The minimum atomic E-state index is -1.29. The number of ether oxygens (including phenoxy) is 6. The molecule has 1 spiro atoms. The van der Waals surface area contributed by atoms with Gasteiger partial charge < -0.3 is 38.6 Å². The lowest BCUT2D eigenvalue weighted by Crippen LogP contribution is -2.77. The molecule has 10 heteroatoms. The van der Waals surface area contributed by atoms with Gasteiger partial charge in [-0.2, -0.15) is 0 Å². The molecule has 6 atom stereocenters. The number of hydrogen-bond acceptors (Lipinski definition) is 10. The van der Waals surface area contributed by atoms with Crippen LogP contribution in [-0.4, -0.2) is 86.6 Å². The van der Waals surface area contributed by atoms with E-state index in [-0.39, 0.29) is 28.9 Å². The molecule has 10 nitrogen and oxygen atoms in total. The summed E-state index contributed by atoms with van der Waals surface area (Å²) in [6.45, 7) is 0.726. The topological polar surface area (TPSA) is 116 Å². The molecule has 204 valence electrons. The van der Waals surface area contributed by atoms with Gasteiger partial charge in [0.1, 0.15) is 12.2 Å². The summed E-state index contributed by atoms with van der Waals surface area (Å²) < 4.78 is 36.0. The number of hydrogen-bond donors (Lipinski definition) is 2. The van der Waals surface area contributed by atoms with E-state index in [4.69, 9.17) is 28.4 Å². The van der Waals surface area contributed by atoms with Crippen molar-refractivity contribution < 1.29 is 43.4 Å². The van der Waals surface area contributed by atoms with Crippen LogP contribution in [0, 0.1) is 0 Å². The molecule has 0 aromatic heterocycles. The van der Waals surface area contributed by atoms with Crippen molar-refractivity contribution in [2.45, 2.75) is 54.3 Å². The van der Waals surface area contributed by atoms with Gasteiger partial charge in [-0.15, -0.1) is 0 Å². The highest BCUT2D eigenvalue weighted by Crippen LogP contribution is 2.73. The van der Waals surface area contributed by atoms with Crippen LogP contribution in [0.1, 0.15) is 46.9 Å². The summed E-state index contributed by atoms with van der Waals surface area (Å²) in [5, 5.41) is 21.5. The minimum absolute atomic E-state index is 0.0779. The molecular weight excluding hydrogens is 494 g/mol. The van der Waals surface area contributed by atoms with Gasteiger partial charge in [0, 0.05) is 31.6 Å². The molecule has 0 radical (unpaired) electrons. The standard InChI is InChI=1S/C28H33NO9/c1-29-11-10-26-13-21(37-25(32)15-6-8-17(30)19(12-15)34-3)24(35-4)28(36-5)27(26,29)14-20(38-28)16-7-9-18(33-2)23(31)22(16)26/h6-9,12,20-21,24,30-31H,10-11,13-14H2,1-5H3/t20-,21-,24-,26-,27-,28-/m0/s1. The number of carbonyl (C=O) groups excluding carboxylic acids is 1. The number of likely N-dealkylation sites (tertiary alicyclic amines) is 1. The lowest BCUT2D eigenvalue weighted by molar-refractivity contribution is -0.338. The van der Waals surface area contributed by atoms with Crippen molar-refractivity contribution in [2.75, 3.05) is 42.0 Å². The number of aromatic hydroxyl groups is 2. The zero-order chi connectivity index (χ0) is 27.0. The number of fused-ring (bicyclic) bond motifs is 3. The first kappa shape index (κ1) is 25.2. The molecule has 6 rings (SSSR count). The largest absolute Gasteiger partial charge is 0.504 e. The average molecular weight is 528 g/mol. The zero-order valence-corrected chi connectivity index (χ0v) is 22.1. The lowest BCUT2D eigenvalue weighted by Gasteiger charge is -2.61. The summed E-state index contributed by atoms with van der Waals surface area (Å²) in [5.74, 6) is -1.34. The maximum Gasteiger partial charge on any atom is 0.338 e. The number of esters is 1. The first-order valence-electron chi connectivity index (χ1n) is 12.7. The Morgan fingerprint density at radius 2 is 1.82 bits per heavy atom. The molecule has 2 saturated heterocycles. The highest BCUT2D eigenvalue weighted by molar-refractivity contribution is 5.90.